The Bertz CT molecular complexity index is 935. The number of anilines is 3. The summed E-state index contributed by atoms with van der Waals surface area (Å²) in [6.45, 7) is 7.81. The second-order valence-electron chi connectivity index (χ2n) is 7.95. The number of carbonyl (C=O) groups is 1. The van der Waals surface area contributed by atoms with E-state index >= 15 is 0 Å². The third-order valence-corrected chi connectivity index (χ3v) is 5.64. The average Bonchev–Trinajstić information content (AvgIpc) is 2.79. The highest BCUT2D eigenvalue weighted by atomic mass is 19.1. The van der Waals surface area contributed by atoms with Crippen molar-refractivity contribution < 1.29 is 23.4 Å². The van der Waals surface area contributed by atoms with E-state index in [2.05, 4.69) is 27.0 Å². The SMILES string of the molecule is COc1ccc(C(=O)Nc2cc(N3CCOC[C@@H]3C)nc(N3CCOC[C@@H]3C)n2)cc1F. The number of nitrogens with zero attached hydrogens (tertiary/aromatic N) is 4. The molecule has 1 aromatic carbocycles. The molecule has 2 aliphatic heterocycles. The Balaban J connectivity index is 1.65. The van der Waals surface area contributed by atoms with Gasteiger partial charge >= 0.3 is 0 Å². The van der Waals surface area contributed by atoms with E-state index in [0.29, 0.717) is 57.1 Å². The summed E-state index contributed by atoms with van der Waals surface area (Å²) < 4.78 is 30.1. The van der Waals surface area contributed by atoms with Crippen LogP contribution in [0.25, 0.3) is 0 Å². The van der Waals surface area contributed by atoms with Gasteiger partial charge < -0.3 is 29.3 Å². The van der Waals surface area contributed by atoms with Gasteiger partial charge in [0, 0.05) is 24.7 Å². The van der Waals surface area contributed by atoms with Crippen molar-refractivity contribution in [2.24, 2.45) is 0 Å². The molecule has 0 bridgehead atoms. The molecule has 4 rings (SSSR count). The second kappa shape index (κ2) is 9.66. The Kier molecular flexibility index (Phi) is 6.71. The fraction of sp³-hybridized carbons (Fsp3) is 0.500. The van der Waals surface area contributed by atoms with E-state index < -0.39 is 11.7 Å². The summed E-state index contributed by atoms with van der Waals surface area (Å²) in [4.78, 5) is 26.4. The van der Waals surface area contributed by atoms with Gasteiger partial charge in [0.15, 0.2) is 11.6 Å². The molecule has 0 saturated carbocycles. The van der Waals surface area contributed by atoms with Crippen LogP contribution in [0.4, 0.5) is 22.0 Å². The number of hydrogen-bond acceptors (Lipinski definition) is 8. The lowest BCUT2D eigenvalue weighted by Crippen LogP contribution is -2.46. The topological polar surface area (TPSA) is 89.0 Å². The predicted octanol–water partition coefficient (Wildman–Crippen LogP) is 2.33. The maximum atomic E-state index is 14.1. The molecule has 9 nitrogen and oxygen atoms in total. The minimum absolute atomic E-state index is 0.0794. The van der Waals surface area contributed by atoms with Crippen LogP contribution in [0.1, 0.15) is 24.2 Å². The van der Waals surface area contributed by atoms with Gasteiger partial charge in [0.25, 0.3) is 5.91 Å². The van der Waals surface area contributed by atoms with E-state index in [1.807, 2.05) is 6.92 Å². The maximum Gasteiger partial charge on any atom is 0.256 e. The zero-order valence-electron chi connectivity index (χ0n) is 18.5. The number of morpholine rings is 2. The first-order valence-electron chi connectivity index (χ1n) is 10.7. The number of nitrogens with one attached hydrogen (secondary N) is 1. The zero-order valence-corrected chi connectivity index (χ0v) is 18.5. The van der Waals surface area contributed by atoms with Gasteiger partial charge in [-0.2, -0.15) is 9.97 Å². The van der Waals surface area contributed by atoms with Crippen molar-refractivity contribution in [3.05, 3.63) is 35.6 Å². The average molecular weight is 445 g/mol. The molecule has 1 aromatic heterocycles. The zero-order chi connectivity index (χ0) is 22.7. The Morgan fingerprint density at radius 2 is 1.78 bits per heavy atom. The first kappa shape index (κ1) is 22.2. The molecular formula is C22H28FN5O4. The fourth-order valence-corrected chi connectivity index (χ4v) is 3.85. The van der Waals surface area contributed by atoms with Crippen LogP contribution in [-0.2, 0) is 9.47 Å². The molecule has 2 aromatic rings. The van der Waals surface area contributed by atoms with Crippen molar-refractivity contribution in [3.8, 4) is 5.75 Å². The fourth-order valence-electron chi connectivity index (χ4n) is 3.85. The van der Waals surface area contributed by atoms with E-state index in [9.17, 15) is 9.18 Å². The molecule has 10 heteroatoms. The summed E-state index contributed by atoms with van der Waals surface area (Å²) in [6, 6.07) is 6.05. The molecule has 1 amide bonds. The summed E-state index contributed by atoms with van der Waals surface area (Å²) >= 11 is 0. The highest BCUT2D eigenvalue weighted by molar-refractivity contribution is 6.04. The standard InChI is InChI=1S/C22H28FN5O4/c1-14-12-31-8-6-27(14)20-11-19(25-22(26-20)28-7-9-32-13-15(28)2)24-21(29)16-4-5-18(30-3)17(23)10-16/h4-5,10-11,14-15H,6-9,12-13H2,1-3H3,(H,24,25,26,29)/t14-,15-/m0/s1. The molecule has 2 atom stereocenters. The minimum Gasteiger partial charge on any atom is -0.494 e. The van der Waals surface area contributed by atoms with E-state index in [4.69, 9.17) is 19.2 Å². The molecule has 2 saturated heterocycles. The summed E-state index contributed by atoms with van der Waals surface area (Å²) in [5, 5.41) is 2.80. The lowest BCUT2D eigenvalue weighted by atomic mass is 10.2. The summed E-state index contributed by atoms with van der Waals surface area (Å²) in [6.07, 6.45) is 0. The van der Waals surface area contributed by atoms with Crippen LogP contribution in [0.2, 0.25) is 0 Å². The van der Waals surface area contributed by atoms with E-state index in [1.54, 1.807) is 6.07 Å². The van der Waals surface area contributed by atoms with Crippen LogP contribution < -0.4 is 19.9 Å². The molecule has 2 fully saturated rings. The molecule has 1 N–H and O–H groups in total. The third-order valence-electron chi connectivity index (χ3n) is 5.64. The van der Waals surface area contributed by atoms with Crippen LogP contribution in [0.15, 0.2) is 24.3 Å². The van der Waals surface area contributed by atoms with Gasteiger partial charge in [-0.05, 0) is 32.0 Å². The van der Waals surface area contributed by atoms with Gasteiger partial charge in [-0.1, -0.05) is 0 Å². The van der Waals surface area contributed by atoms with E-state index in [-0.39, 0.29) is 23.4 Å². The number of amides is 1. The molecule has 32 heavy (non-hydrogen) atoms. The number of ether oxygens (including phenoxy) is 3. The Labute approximate surface area is 186 Å². The van der Waals surface area contributed by atoms with Crippen molar-refractivity contribution in [2.45, 2.75) is 25.9 Å². The van der Waals surface area contributed by atoms with Gasteiger partial charge in [0.2, 0.25) is 5.95 Å². The quantitative estimate of drug-likeness (QED) is 0.750. The Morgan fingerprint density at radius 3 is 2.41 bits per heavy atom. The molecule has 3 heterocycles. The van der Waals surface area contributed by atoms with Crippen molar-refractivity contribution in [2.75, 3.05) is 61.7 Å². The van der Waals surface area contributed by atoms with E-state index in [1.165, 1.54) is 19.2 Å². The Hall–Kier alpha value is -2.98. The molecule has 0 spiro atoms. The van der Waals surface area contributed by atoms with Gasteiger partial charge in [0.05, 0.1) is 45.6 Å². The Morgan fingerprint density at radius 1 is 1.09 bits per heavy atom. The highest BCUT2D eigenvalue weighted by Crippen LogP contribution is 2.26. The van der Waals surface area contributed by atoms with Crippen LogP contribution in [0.5, 0.6) is 5.75 Å². The number of benzene rings is 1. The number of halogens is 1. The maximum absolute atomic E-state index is 14.1. The van der Waals surface area contributed by atoms with Gasteiger partial charge in [-0.15, -0.1) is 0 Å². The largest absolute Gasteiger partial charge is 0.494 e. The highest BCUT2D eigenvalue weighted by Gasteiger charge is 2.26. The van der Waals surface area contributed by atoms with Gasteiger partial charge in [-0.25, -0.2) is 4.39 Å². The summed E-state index contributed by atoms with van der Waals surface area (Å²) in [5.74, 6) is 0.592. The number of hydrogen-bond donors (Lipinski definition) is 1. The molecule has 172 valence electrons. The first-order chi connectivity index (χ1) is 15.5. The van der Waals surface area contributed by atoms with Crippen molar-refractivity contribution in [1.82, 2.24) is 9.97 Å². The predicted molar refractivity (Wildman–Crippen MR) is 118 cm³/mol. The minimum atomic E-state index is -0.603. The normalized spacial score (nSPS) is 21.4. The number of aromatic nitrogens is 2. The van der Waals surface area contributed by atoms with Crippen LogP contribution in [-0.4, -0.2) is 74.6 Å². The van der Waals surface area contributed by atoms with Crippen LogP contribution in [0, 0.1) is 5.82 Å². The lowest BCUT2D eigenvalue weighted by Gasteiger charge is -2.36. The van der Waals surface area contributed by atoms with E-state index in [0.717, 1.165) is 6.07 Å². The number of methoxy groups -OCH3 is 1. The smallest absolute Gasteiger partial charge is 0.256 e. The molecule has 0 aliphatic carbocycles. The summed E-state index contributed by atoms with van der Waals surface area (Å²) in [7, 11) is 1.38. The third kappa shape index (κ3) is 4.76. The number of rotatable bonds is 5. The molecule has 0 radical (unpaired) electrons. The van der Waals surface area contributed by atoms with Gasteiger partial charge in [-0.3, -0.25) is 4.79 Å². The molecule has 2 aliphatic rings. The van der Waals surface area contributed by atoms with Crippen molar-refractivity contribution in [3.63, 3.8) is 0 Å². The van der Waals surface area contributed by atoms with Crippen LogP contribution >= 0.6 is 0 Å². The van der Waals surface area contributed by atoms with Crippen molar-refractivity contribution >= 4 is 23.5 Å². The van der Waals surface area contributed by atoms with Crippen LogP contribution in [0.3, 0.4) is 0 Å². The first-order valence-corrected chi connectivity index (χ1v) is 10.7. The lowest BCUT2D eigenvalue weighted by molar-refractivity contribution is 0.0971. The monoisotopic (exact) mass is 445 g/mol. The van der Waals surface area contributed by atoms with Gasteiger partial charge in [0.1, 0.15) is 11.6 Å². The van der Waals surface area contributed by atoms with Crippen molar-refractivity contribution in [1.29, 1.82) is 0 Å². The summed E-state index contributed by atoms with van der Waals surface area (Å²) in [5.41, 5.74) is 0.171. The number of carbonyl (C=O) groups excluding carboxylic acids is 1. The molecular weight excluding hydrogens is 417 g/mol. The molecule has 0 unspecified atom stereocenters. The second-order valence-corrected chi connectivity index (χ2v) is 7.95.